The number of methoxy groups -OCH3 is 1. The second-order valence-corrected chi connectivity index (χ2v) is 4.60. The van der Waals surface area contributed by atoms with Gasteiger partial charge in [0.25, 0.3) is 0 Å². The summed E-state index contributed by atoms with van der Waals surface area (Å²) in [5.74, 6) is 0.965. The molecule has 1 atom stereocenters. The third kappa shape index (κ3) is 2.44. The van der Waals surface area contributed by atoms with E-state index in [1.807, 2.05) is 13.0 Å². The summed E-state index contributed by atoms with van der Waals surface area (Å²) in [6.45, 7) is 2.78. The second-order valence-electron chi connectivity index (χ2n) is 3.75. The standard InChI is InChI=1S/C12H14BrNO4/c1-3-14-10(12(15)16-2)7-4-8(13)11-9(5-7)17-6-18-11/h4-5,10,14H,3,6H2,1-2H3. The lowest BCUT2D eigenvalue weighted by Gasteiger charge is -2.16. The molecule has 5 nitrogen and oxygen atoms in total. The SMILES string of the molecule is CCNC(C(=O)OC)c1cc(Br)c2c(c1)OCO2. The van der Waals surface area contributed by atoms with Gasteiger partial charge in [0, 0.05) is 0 Å². The second kappa shape index (κ2) is 5.58. The van der Waals surface area contributed by atoms with Gasteiger partial charge < -0.3 is 19.5 Å². The number of rotatable bonds is 4. The predicted octanol–water partition coefficient (Wildman–Crippen LogP) is 2.00. The van der Waals surface area contributed by atoms with E-state index in [2.05, 4.69) is 21.2 Å². The first-order chi connectivity index (χ1) is 8.67. The molecule has 0 saturated heterocycles. The third-order valence-electron chi connectivity index (χ3n) is 2.63. The molecule has 98 valence electrons. The highest BCUT2D eigenvalue weighted by Gasteiger charge is 2.25. The largest absolute Gasteiger partial charge is 0.468 e. The minimum Gasteiger partial charge on any atom is -0.468 e. The molecule has 0 bridgehead atoms. The fraction of sp³-hybridized carbons (Fsp3) is 0.417. The summed E-state index contributed by atoms with van der Waals surface area (Å²) in [5, 5.41) is 3.08. The summed E-state index contributed by atoms with van der Waals surface area (Å²) in [4.78, 5) is 11.7. The van der Waals surface area contributed by atoms with Crippen LogP contribution in [-0.4, -0.2) is 26.4 Å². The van der Waals surface area contributed by atoms with Crippen molar-refractivity contribution >= 4 is 21.9 Å². The van der Waals surface area contributed by atoms with Crippen LogP contribution in [-0.2, 0) is 9.53 Å². The molecule has 0 aromatic heterocycles. The zero-order valence-electron chi connectivity index (χ0n) is 10.2. The van der Waals surface area contributed by atoms with Crippen molar-refractivity contribution in [1.82, 2.24) is 5.32 Å². The molecule has 1 unspecified atom stereocenters. The Labute approximate surface area is 114 Å². The number of carbonyl (C=O) groups excluding carboxylic acids is 1. The van der Waals surface area contributed by atoms with Crippen LogP contribution in [0.15, 0.2) is 16.6 Å². The number of benzene rings is 1. The third-order valence-corrected chi connectivity index (χ3v) is 3.22. The Morgan fingerprint density at radius 2 is 2.33 bits per heavy atom. The number of ether oxygens (including phenoxy) is 3. The maximum atomic E-state index is 11.7. The van der Waals surface area contributed by atoms with Gasteiger partial charge >= 0.3 is 5.97 Å². The molecule has 1 aliphatic rings. The smallest absolute Gasteiger partial charge is 0.327 e. The fourth-order valence-corrected chi connectivity index (χ4v) is 2.39. The van der Waals surface area contributed by atoms with Gasteiger partial charge in [0.2, 0.25) is 6.79 Å². The molecule has 0 spiro atoms. The highest BCUT2D eigenvalue weighted by molar-refractivity contribution is 9.10. The number of halogens is 1. The van der Waals surface area contributed by atoms with Gasteiger partial charge in [-0.05, 0) is 40.2 Å². The first kappa shape index (κ1) is 13.2. The van der Waals surface area contributed by atoms with Crippen LogP contribution in [0.4, 0.5) is 0 Å². The van der Waals surface area contributed by atoms with Gasteiger partial charge in [0.15, 0.2) is 11.5 Å². The molecule has 0 aliphatic carbocycles. The molecule has 1 heterocycles. The van der Waals surface area contributed by atoms with Crippen LogP contribution in [0.2, 0.25) is 0 Å². The molecule has 2 rings (SSSR count). The number of nitrogens with one attached hydrogen (secondary N) is 1. The maximum Gasteiger partial charge on any atom is 0.327 e. The number of likely N-dealkylation sites (N-methyl/N-ethyl adjacent to an activating group) is 1. The van der Waals surface area contributed by atoms with Gasteiger partial charge in [-0.25, -0.2) is 4.79 Å². The Kier molecular flexibility index (Phi) is 4.08. The van der Waals surface area contributed by atoms with Crippen LogP contribution >= 0.6 is 15.9 Å². The van der Waals surface area contributed by atoms with Crippen LogP contribution in [0.5, 0.6) is 11.5 Å². The molecule has 1 aliphatic heterocycles. The van der Waals surface area contributed by atoms with E-state index in [-0.39, 0.29) is 12.8 Å². The van der Waals surface area contributed by atoms with Crippen LogP contribution in [0, 0.1) is 0 Å². The summed E-state index contributed by atoms with van der Waals surface area (Å²) >= 11 is 3.40. The molecule has 18 heavy (non-hydrogen) atoms. The molecule has 1 aromatic rings. The molecule has 0 saturated carbocycles. The first-order valence-electron chi connectivity index (χ1n) is 5.57. The van der Waals surface area contributed by atoms with E-state index >= 15 is 0 Å². The lowest BCUT2D eigenvalue weighted by atomic mass is 10.1. The van der Waals surface area contributed by atoms with E-state index in [9.17, 15) is 4.79 Å². The molecule has 1 N–H and O–H groups in total. The first-order valence-corrected chi connectivity index (χ1v) is 6.37. The number of hydrogen-bond donors (Lipinski definition) is 1. The van der Waals surface area contributed by atoms with Crippen molar-refractivity contribution in [3.8, 4) is 11.5 Å². The van der Waals surface area contributed by atoms with E-state index in [4.69, 9.17) is 14.2 Å². The van der Waals surface area contributed by atoms with Crippen LogP contribution in [0.25, 0.3) is 0 Å². The normalized spacial score (nSPS) is 14.4. The van der Waals surface area contributed by atoms with E-state index < -0.39 is 6.04 Å². The maximum absolute atomic E-state index is 11.7. The molecular formula is C12H14BrNO4. The van der Waals surface area contributed by atoms with Crippen LogP contribution in [0.3, 0.4) is 0 Å². The van der Waals surface area contributed by atoms with Crippen LogP contribution in [0.1, 0.15) is 18.5 Å². The quantitative estimate of drug-likeness (QED) is 0.861. The number of esters is 1. The summed E-state index contributed by atoms with van der Waals surface area (Å²) in [6.07, 6.45) is 0. The molecule has 6 heteroatoms. The molecule has 1 aromatic carbocycles. The molecular weight excluding hydrogens is 302 g/mol. The Morgan fingerprint density at radius 3 is 3.00 bits per heavy atom. The van der Waals surface area contributed by atoms with E-state index in [0.717, 1.165) is 10.0 Å². The summed E-state index contributed by atoms with van der Waals surface area (Å²) in [5.41, 5.74) is 0.778. The summed E-state index contributed by atoms with van der Waals surface area (Å²) < 4.78 is 16.2. The Balaban J connectivity index is 2.36. The lowest BCUT2D eigenvalue weighted by Crippen LogP contribution is -2.29. The Bertz CT molecular complexity index is 464. The van der Waals surface area contributed by atoms with Gasteiger partial charge in [0.1, 0.15) is 6.04 Å². The van der Waals surface area contributed by atoms with Crippen molar-refractivity contribution in [2.75, 3.05) is 20.4 Å². The average molecular weight is 316 g/mol. The lowest BCUT2D eigenvalue weighted by molar-refractivity contribution is -0.143. The Hall–Kier alpha value is -1.27. The Morgan fingerprint density at radius 1 is 1.56 bits per heavy atom. The molecule has 0 fully saturated rings. The number of hydrogen-bond acceptors (Lipinski definition) is 5. The number of fused-ring (bicyclic) bond motifs is 1. The van der Waals surface area contributed by atoms with Crippen LogP contribution < -0.4 is 14.8 Å². The van der Waals surface area contributed by atoms with Gasteiger partial charge in [-0.2, -0.15) is 0 Å². The predicted molar refractivity (Wildman–Crippen MR) is 68.7 cm³/mol. The summed E-state index contributed by atoms with van der Waals surface area (Å²) in [7, 11) is 1.37. The van der Waals surface area contributed by atoms with Crippen molar-refractivity contribution in [2.24, 2.45) is 0 Å². The van der Waals surface area contributed by atoms with E-state index in [0.29, 0.717) is 18.0 Å². The van der Waals surface area contributed by atoms with E-state index in [1.165, 1.54) is 7.11 Å². The van der Waals surface area contributed by atoms with Crippen molar-refractivity contribution in [3.05, 3.63) is 22.2 Å². The molecule has 0 radical (unpaired) electrons. The monoisotopic (exact) mass is 315 g/mol. The van der Waals surface area contributed by atoms with Gasteiger partial charge in [-0.15, -0.1) is 0 Å². The van der Waals surface area contributed by atoms with E-state index in [1.54, 1.807) is 6.07 Å². The molecule has 0 amide bonds. The van der Waals surface area contributed by atoms with Gasteiger partial charge in [-0.1, -0.05) is 6.92 Å². The van der Waals surface area contributed by atoms with Crippen molar-refractivity contribution < 1.29 is 19.0 Å². The fourth-order valence-electron chi connectivity index (χ4n) is 1.81. The average Bonchev–Trinajstić information content (AvgIpc) is 2.83. The highest BCUT2D eigenvalue weighted by Crippen LogP contribution is 2.41. The minimum absolute atomic E-state index is 0.196. The summed E-state index contributed by atoms with van der Waals surface area (Å²) in [6, 6.07) is 3.11. The zero-order valence-corrected chi connectivity index (χ0v) is 11.7. The number of carbonyl (C=O) groups is 1. The zero-order chi connectivity index (χ0) is 13.1. The highest BCUT2D eigenvalue weighted by atomic mass is 79.9. The minimum atomic E-state index is -0.509. The topological polar surface area (TPSA) is 56.8 Å². The van der Waals surface area contributed by atoms with Crippen molar-refractivity contribution in [2.45, 2.75) is 13.0 Å². The van der Waals surface area contributed by atoms with Crippen molar-refractivity contribution in [3.63, 3.8) is 0 Å². The van der Waals surface area contributed by atoms with Gasteiger partial charge in [-0.3, -0.25) is 0 Å². The van der Waals surface area contributed by atoms with Gasteiger partial charge in [0.05, 0.1) is 11.6 Å². The van der Waals surface area contributed by atoms with Crippen molar-refractivity contribution in [1.29, 1.82) is 0 Å².